The molecule has 0 saturated carbocycles. The molecule has 0 spiro atoms. The number of ketones is 1. The van der Waals surface area contributed by atoms with Crippen LogP contribution in [0.2, 0.25) is 0 Å². The average molecular weight is 138 g/mol. The molecule has 0 atom stereocenters. The van der Waals surface area contributed by atoms with Gasteiger partial charge < -0.3 is 0 Å². The predicted octanol–water partition coefficient (Wildman–Crippen LogP) is 2.49. The molecular weight excluding hydrogens is 124 g/mol. The molecule has 1 heteroatoms. The minimum atomic E-state index is 0.126. The van der Waals surface area contributed by atoms with Crippen LogP contribution in [-0.4, -0.2) is 5.78 Å². The van der Waals surface area contributed by atoms with Gasteiger partial charge in [0.1, 0.15) is 0 Å². The highest BCUT2D eigenvalue weighted by atomic mass is 16.1. The zero-order valence-electron chi connectivity index (χ0n) is 6.47. The fourth-order valence-electron chi connectivity index (χ4n) is 0.612. The van der Waals surface area contributed by atoms with E-state index in [2.05, 4.69) is 19.6 Å². The summed E-state index contributed by atoms with van der Waals surface area (Å²) in [4.78, 5) is 10.6. The van der Waals surface area contributed by atoms with E-state index >= 15 is 0 Å². The summed E-state index contributed by atoms with van der Waals surface area (Å²) in [5.41, 5.74) is 0. The van der Waals surface area contributed by atoms with Crippen LogP contribution >= 0.6 is 0 Å². The molecular formula is C9H14O. The lowest BCUT2D eigenvalue weighted by Gasteiger charge is -1.87. The van der Waals surface area contributed by atoms with Crippen LogP contribution in [-0.2, 0) is 4.79 Å². The van der Waals surface area contributed by atoms with Crippen molar-refractivity contribution in [3.63, 3.8) is 0 Å². The largest absolute Gasteiger partial charge is 0.295 e. The van der Waals surface area contributed by atoms with Crippen LogP contribution in [0.3, 0.4) is 0 Å². The fraction of sp³-hybridized carbons (Fsp3) is 0.444. The van der Waals surface area contributed by atoms with Gasteiger partial charge in [-0.05, 0) is 18.9 Å². The molecule has 0 fully saturated rings. The first-order chi connectivity index (χ1) is 4.81. The summed E-state index contributed by atoms with van der Waals surface area (Å²) in [5.74, 6) is 0.126. The molecule has 0 saturated heterocycles. The van der Waals surface area contributed by atoms with Gasteiger partial charge in [-0.3, -0.25) is 4.79 Å². The molecule has 0 heterocycles. The number of carbonyl (C=O) groups excluding carboxylic acids is 1. The first kappa shape index (κ1) is 9.15. The lowest BCUT2D eigenvalue weighted by Crippen LogP contribution is -1.88. The number of hydrogen-bond donors (Lipinski definition) is 0. The molecule has 10 heavy (non-hydrogen) atoms. The Kier molecular flexibility index (Phi) is 5.74. The average Bonchev–Trinajstić information content (AvgIpc) is 1.98. The number of carbonyl (C=O) groups is 1. The van der Waals surface area contributed by atoms with Crippen LogP contribution in [0.5, 0.6) is 0 Å². The van der Waals surface area contributed by atoms with Crippen LogP contribution in [0.25, 0.3) is 0 Å². The van der Waals surface area contributed by atoms with Crippen molar-refractivity contribution in [2.45, 2.75) is 26.2 Å². The molecule has 0 aliphatic carbocycles. The molecule has 0 amide bonds. The van der Waals surface area contributed by atoms with Crippen molar-refractivity contribution in [2.75, 3.05) is 0 Å². The van der Waals surface area contributed by atoms with Crippen molar-refractivity contribution >= 4 is 5.78 Å². The molecule has 0 aromatic heterocycles. The van der Waals surface area contributed by atoms with Gasteiger partial charge in [0.2, 0.25) is 0 Å². The van der Waals surface area contributed by atoms with Crippen LogP contribution in [0, 0.1) is 0 Å². The molecule has 0 radical (unpaired) electrons. The molecule has 0 unspecified atom stereocenters. The van der Waals surface area contributed by atoms with E-state index in [0.717, 1.165) is 12.8 Å². The van der Waals surface area contributed by atoms with E-state index < -0.39 is 0 Å². The highest BCUT2D eigenvalue weighted by Crippen LogP contribution is 1.93. The molecule has 1 nitrogen and oxygen atoms in total. The number of allylic oxidation sites excluding steroid dienone is 3. The Bertz CT molecular complexity index is 134. The maximum Gasteiger partial charge on any atom is 0.155 e. The summed E-state index contributed by atoms with van der Waals surface area (Å²) >= 11 is 0. The van der Waals surface area contributed by atoms with Crippen LogP contribution in [0.4, 0.5) is 0 Å². The zero-order valence-corrected chi connectivity index (χ0v) is 6.47. The smallest absolute Gasteiger partial charge is 0.155 e. The molecule has 0 aliphatic rings. The highest BCUT2D eigenvalue weighted by Gasteiger charge is 1.90. The molecule has 0 bridgehead atoms. The standard InChI is InChI=1S/C9H14O/c1-3-5-6-7-8-9(10)4-2/h4-6H,2-3,7-8H2,1H3. The topological polar surface area (TPSA) is 17.1 Å². The number of hydrogen-bond acceptors (Lipinski definition) is 1. The molecule has 56 valence electrons. The summed E-state index contributed by atoms with van der Waals surface area (Å²) in [6.07, 6.45) is 7.96. The van der Waals surface area contributed by atoms with Gasteiger partial charge in [-0.1, -0.05) is 25.7 Å². The lowest BCUT2D eigenvalue weighted by molar-refractivity contribution is -0.114. The van der Waals surface area contributed by atoms with Gasteiger partial charge in [-0.15, -0.1) is 0 Å². The summed E-state index contributed by atoms with van der Waals surface area (Å²) in [5, 5.41) is 0. The van der Waals surface area contributed by atoms with Gasteiger partial charge in [0, 0.05) is 6.42 Å². The van der Waals surface area contributed by atoms with Crippen LogP contribution in [0.1, 0.15) is 26.2 Å². The monoisotopic (exact) mass is 138 g/mol. The van der Waals surface area contributed by atoms with Crippen molar-refractivity contribution in [1.29, 1.82) is 0 Å². The maximum absolute atomic E-state index is 10.6. The second kappa shape index (κ2) is 6.27. The Morgan fingerprint density at radius 3 is 2.70 bits per heavy atom. The maximum atomic E-state index is 10.6. The Hall–Kier alpha value is -0.850. The van der Waals surface area contributed by atoms with E-state index in [1.165, 1.54) is 6.08 Å². The number of rotatable bonds is 5. The SMILES string of the molecule is C=CC(=O)CCC=CCC. The van der Waals surface area contributed by atoms with Gasteiger partial charge in [0.05, 0.1) is 0 Å². The third-order valence-electron chi connectivity index (χ3n) is 1.19. The predicted molar refractivity (Wildman–Crippen MR) is 43.9 cm³/mol. The second-order valence-corrected chi connectivity index (χ2v) is 2.09. The van der Waals surface area contributed by atoms with Gasteiger partial charge in [0.15, 0.2) is 5.78 Å². The minimum absolute atomic E-state index is 0.126. The minimum Gasteiger partial charge on any atom is -0.295 e. The van der Waals surface area contributed by atoms with Gasteiger partial charge in [-0.25, -0.2) is 0 Å². The molecule has 0 aromatic rings. The van der Waals surface area contributed by atoms with E-state index in [1.54, 1.807) is 0 Å². The quantitative estimate of drug-likeness (QED) is 0.421. The fourth-order valence-corrected chi connectivity index (χ4v) is 0.612. The van der Waals surface area contributed by atoms with Crippen molar-refractivity contribution in [3.05, 3.63) is 24.8 Å². The highest BCUT2D eigenvalue weighted by molar-refractivity contribution is 5.89. The van der Waals surface area contributed by atoms with E-state index in [-0.39, 0.29) is 5.78 Å². The summed E-state index contributed by atoms with van der Waals surface area (Å²) in [7, 11) is 0. The summed E-state index contributed by atoms with van der Waals surface area (Å²) in [6, 6.07) is 0. The first-order valence-electron chi connectivity index (χ1n) is 3.61. The zero-order chi connectivity index (χ0) is 7.82. The van der Waals surface area contributed by atoms with E-state index in [0.29, 0.717) is 6.42 Å². The Morgan fingerprint density at radius 2 is 2.20 bits per heavy atom. The van der Waals surface area contributed by atoms with Gasteiger partial charge >= 0.3 is 0 Å². The third kappa shape index (κ3) is 5.29. The van der Waals surface area contributed by atoms with Gasteiger partial charge in [-0.2, -0.15) is 0 Å². The van der Waals surface area contributed by atoms with E-state index in [4.69, 9.17) is 0 Å². The molecule has 0 rings (SSSR count). The third-order valence-corrected chi connectivity index (χ3v) is 1.19. The Morgan fingerprint density at radius 1 is 1.50 bits per heavy atom. The van der Waals surface area contributed by atoms with Crippen molar-refractivity contribution in [1.82, 2.24) is 0 Å². The molecule has 0 N–H and O–H groups in total. The Balaban J connectivity index is 3.27. The van der Waals surface area contributed by atoms with Crippen LogP contribution in [0.15, 0.2) is 24.8 Å². The van der Waals surface area contributed by atoms with Crippen molar-refractivity contribution in [3.8, 4) is 0 Å². The summed E-state index contributed by atoms with van der Waals surface area (Å²) in [6.45, 7) is 5.46. The second-order valence-electron chi connectivity index (χ2n) is 2.09. The first-order valence-corrected chi connectivity index (χ1v) is 3.61. The normalized spacial score (nSPS) is 10.1. The van der Waals surface area contributed by atoms with E-state index in [1.807, 2.05) is 6.08 Å². The van der Waals surface area contributed by atoms with Crippen molar-refractivity contribution < 1.29 is 4.79 Å². The lowest BCUT2D eigenvalue weighted by atomic mass is 10.2. The van der Waals surface area contributed by atoms with E-state index in [9.17, 15) is 4.79 Å². The molecule has 0 aliphatic heterocycles. The summed E-state index contributed by atoms with van der Waals surface area (Å²) < 4.78 is 0. The Labute approximate surface area is 62.4 Å². The van der Waals surface area contributed by atoms with Crippen LogP contribution < -0.4 is 0 Å². The van der Waals surface area contributed by atoms with Crippen molar-refractivity contribution in [2.24, 2.45) is 0 Å². The van der Waals surface area contributed by atoms with Gasteiger partial charge in [0.25, 0.3) is 0 Å². The molecule has 0 aromatic carbocycles.